The molecule has 2 aromatic rings. The van der Waals surface area contributed by atoms with Gasteiger partial charge in [-0.15, -0.1) is 0 Å². The number of amides is 1. The number of hydrogen-bond acceptors (Lipinski definition) is 2. The average molecular weight is 307 g/mol. The van der Waals surface area contributed by atoms with Crippen LogP contribution in [0.3, 0.4) is 0 Å². The van der Waals surface area contributed by atoms with Crippen LogP contribution in [-0.2, 0) is 0 Å². The maximum Gasteiger partial charge on any atom is 0.271 e. The number of nitrogens with zero attached hydrogens (tertiary/aromatic N) is 1. The lowest BCUT2D eigenvalue weighted by Crippen LogP contribution is -2.17. The fourth-order valence-electron chi connectivity index (χ4n) is 1.63. The van der Waals surface area contributed by atoms with Crippen molar-refractivity contribution in [2.45, 2.75) is 6.92 Å². The molecule has 0 aliphatic carbocycles. The Hall–Kier alpha value is -1.84. The number of halogens is 2. The molecule has 0 saturated carbocycles. The van der Waals surface area contributed by atoms with Crippen molar-refractivity contribution < 1.29 is 4.79 Å². The van der Waals surface area contributed by atoms with Gasteiger partial charge in [0.1, 0.15) is 0 Å². The molecule has 2 rings (SSSR count). The summed E-state index contributed by atoms with van der Waals surface area (Å²) in [7, 11) is 0. The van der Waals surface area contributed by atoms with Crippen LogP contribution in [0.4, 0.5) is 0 Å². The minimum absolute atomic E-state index is 0.275. The second-order valence-electron chi connectivity index (χ2n) is 4.21. The van der Waals surface area contributed by atoms with E-state index in [1.807, 2.05) is 19.1 Å². The Morgan fingerprint density at radius 1 is 1.20 bits per heavy atom. The molecule has 0 bridgehead atoms. The van der Waals surface area contributed by atoms with Crippen LogP contribution in [-0.4, -0.2) is 12.1 Å². The van der Waals surface area contributed by atoms with E-state index in [9.17, 15) is 4.79 Å². The highest BCUT2D eigenvalue weighted by molar-refractivity contribution is 6.43. The van der Waals surface area contributed by atoms with Gasteiger partial charge in [0, 0.05) is 11.1 Å². The van der Waals surface area contributed by atoms with E-state index in [0.717, 1.165) is 5.56 Å². The quantitative estimate of drug-likeness (QED) is 0.674. The summed E-state index contributed by atoms with van der Waals surface area (Å²) in [4.78, 5) is 11.9. The smallest absolute Gasteiger partial charge is 0.267 e. The van der Waals surface area contributed by atoms with Crippen molar-refractivity contribution in [3.05, 3.63) is 69.2 Å². The van der Waals surface area contributed by atoms with Gasteiger partial charge in [0.05, 0.1) is 16.3 Å². The van der Waals surface area contributed by atoms with Gasteiger partial charge in [0.2, 0.25) is 0 Å². The minimum atomic E-state index is -0.275. The molecule has 0 saturated heterocycles. The average Bonchev–Trinajstić information content (AvgIpc) is 2.43. The van der Waals surface area contributed by atoms with Gasteiger partial charge in [-0.05, 0) is 25.1 Å². The van der Waals surface area contributed by atoms with E-state index < -0.39 is 0 Å². The SMILES string of the molecule is Cc1cccc(C(=O)N/N=C/c2cccc(Cl)c2Cl)c1. The number of rotatable bonds is 3. The Kier molecular flexibility index (Phi) is 4.77. The maximum atomic E-state index is 11.9. The summed E-state index contributed by atoms with van der Waals surface area (Å²) < 4.78 is 0. The highest BCUT2D eigenvalue weighted by Crippen LogP contribution is 2.24. The third-order valence-corrected chi connectivity index (χ3v) is 3.46. The van der Waals surface area contributed by atoms with E-state index in [1.165, 1.54) is 6.21 Å². The standard InChI is InChI=1S/C15H12Cl2N2O/c1-10-4-2-5-11(8-10)15(20)19-18-9-12-6-3-7-13(16)14(12)17/h2-9H,1H3,(H,19,20)/b18-9+. The zero-order chi connectivity index (χ0) is 14.5. The Balaban J connectivity index is 2.07. The monoisotopic (exact) mass is 306 g/mol. The molecule has 0 aliphatic heterocycles. The van der Waals surface area contributed by atoms with Crippen LogP contribution in [0.1, 0.15) is 21.5 Å². The van der Waals surface area contributed by atoms with Crippen molar-refractivity contribution in [2.75, 3.05) is 0 Å². The number of carbonyl (C=O) groups excluding carboxylic acids is 1. The number of hydrogen-bond donors (Lipinski definition) is 1. The third kappa shape index (κ3) is 3.59. The summed E-state index contributed by atoms with van der Waals surface area (Å²) in [6.45, 7) is 1.92. The molecule has 0 atom stereocenters. The Labute approximate surface area is 127 Å². The maximum absolute atomic E-state index is 11.9. The first-order chi connectivity index (χ1) is 9.58. The van der Waals surface area contributed by atoms with Crippen LogP contribution in [0, 0.1) is 6.92 Å². The molecular formula is C15H12Cl2N2O. The zero-order valence-corrected chi connectivity index (χ0v) is 12.2. The fourth-order valence-corrected chi connectivity index (χ4v) is 1.99. The van der Waals surface area contributed by atoms with Crippen molar-refractivity contribution in [3.8, 4) is 0 Å². The number of carbonyl (C=O) groups is 1. The molecule has 5 heteroatoms. The molecule has 0 aliphatic rings. The van der Waals surface area contributed by atoms with E-state index in [4.69, 9.17) is 23.2 Å². The van der Waals surface area contributed by atoms with E-state index in [1.54, 1.807) is 30.3 Å². The van der Waals surface area contributed by atoms with Gasteiger partial charge >= 0.3 is 0 Å². The van der Waals surface area contributed by atoms with Crippen LogP contribution in [0.25, 0.3) is 0 Å². The predicted octanol–water partition coefficient (Wildman–Crippen LogP) is 4.07. The van der Waals surface area contributed by atoms with Crippen molar-refractivity contribution in [2.24, 2.45) is 5.10 Å². The van der Waals surface area contributed by atoms with Crippen molar-refractivity contribution in [3.63, 3.8) is 0 Å². The van der Waals surface area contributed by atoms with Crippen molar-refractivity contribution >= 4 is 35.3 Å². The fraction of sp³-hybridized carbons (Fsp3) is 0.0667. The van der Waals surface area contributed by atoms with E-state index in [0.29, 0.717) is 21.2 Å². The molecule has 3 nitrogen and oxygen atoms in total. The van der Waals surface area contributed by atoms with Crippen molar-refractivity contribution in [1.82, 2.24) is 5.43 Å². The largest absolute Gasteiger partial charge is 0.271 e. The van der Waals surface area contributed by atoms with Crippen LogP contribution in [0.2, 0.25) is 10.0 Å². The first kappa shape index (κ1) is 14.6. The third-order valence-electron chi connectivity index (χ3n) is 2.63. The Bertz CT molecular complexity index is 669. The first-order valence-corrected chi connectivity index (χ1v) is 6.67. The first-order valence-electron chi connectivity index (χ1n) is 5.92. The molecule has 0 radical (unpaired) electrons. The number of benzene rings is 2. The summed E-state index contributed by atoms with van der Waals surface area (Å²) in [5.74, 6) is -0.275. The highest BCUT2D eigenvalue weighted by atomic mass is 35.5. The summed E-state index contributed by atoms with van der Waals surface area (Å²) in [5.41, 5.74) is 4.66. The summed E-state index contributed by atoms with van der Waals surface area (Å²) in [6, 6.07) is 12.5. The lowest BCUT2D eigenvalue weighted by atomic mass is 10.1. The molecule has 1 N–H and O–H groups in total. The molecule has 2 aromatic carbocycles. The predicted molar refractivity (Wildman–Crippen MR) is 82.7 cm³/mol. The Morgan fingerprint density at radius 2 is 1.95 bits per heavy atom. The molecule has 0 unspecified atom stereocenters. The summed E-state index contributed by atoms with van der Waals surface area (Å²) in [6.07, 6.45) is 1.46. The number of aryl methyl sites for hydroxylation is 1. The minimum Gasteiger partial charge on any atom is -0.267 e. The van der Waals surface area contributed by atoms with Gasteiger partial charge in [-0.2, -0.15) is 5.10 Å². The van der Waals surface area contributed by atoms with Crippen LogP contribution in [0.15, 0.2) is 47.6 Å². The van der Waals surface area contributed by atoms with Gasteiger partial charge < -0.3 is 0 Å². The molecule has 102 valence electrons. The van der Waals surface area contributed by atoms with E-state index in [-0.39, 0.29) is 5.91 Å². The number of hydrazone groups is 1. The number of nitrogens with one attached hydrogen (secondary N) is 1. The van der Waals surface area contributed by atoms with Gasteiger partial charge in [-0.1, -0.05) is 53.0 Å². The van der Waals surface area contributed by atoms with Crippen LogP contribution < -0.4 is 5.43 Å². The molecule has 20 heavy (non-hydrogen) atoms. The Morgan fingerprint density at radius 3 is 2.70 bits per heavy atom. The van der Waals surface area contributed by atoms with Crippen molar-refractivity contribution in [1.29, 1.82) is 0 Å². The second-order valence-corrected chi connectivity index (χ2v) is 5.00. The van der Waals surface area contributed by atoms with Gasteiger partial charge in [-0.25, -0.2) is 5.43 Å². The van der Waals surface area contributed by atoms with Crippen LogP contribution >= 0.6 is 23.2 Å². The van der Waals surface area contributed by atoms with Crippen LogP contribution in [0.5, 0.6) is 0 Å². The lowest BCUT2D eigenvalue weighted by Gasteiger charge is -2.02. The highest BCUT2D eigenvalue weighted by Gasteiger charge is 2.04. The molecule has 0 fully saturated rings. The molecule has 0 heterocycles. The molecule has 0 aromatic heterocycles. The lowest BCUT2D eigenvalue weighted by molar-refractivity contribution is 0.0955. The van der Waals surface area contributed by atoms with Gasteiger partial charge in [0.15, 0.2) is 0 Å². The van der Waals surface area contributed by atoms with Gasteiger partial charge in [-0.3, -0.25) is 4.79 Å². The molecular weight excluding hydrogens is 295 g/mol. The summed E-state index contributed by atoms with van der Waals surface area (Å²) >= 11 is 11.9. The topological polar surface area (TPSA) is 41.5 Å². The molecule has 1 amide bonds. The second kappa shape index (κ2) is 6.55. The van der Waals surface area contributed by atoms with E-state index >= 15 is 0 Å². The normalized spacial score (nSPS) is 10.8. The zero-order valence-electron chi connectivity index (χ0n) is 10.7. The van der Waals surface area contributed by atoms with E-state index in [2.05, 4.69) is 10.5 Å². The summed E-state index contributed by atoms with van der Waals surface area (Å²) in [5, 5.41) is 4.73. The van der Waals surface area contributed by atoms with Gasteiger partial charge in [0.25, 0.3) is 5.91 Å². The molecule has 0 spiro atoms.